The fourth-order valence-corrected chi connectivity index (χ4v) is 1.29. The molecule has 0 atom stereocenters. The predicted molar refractivity (Wildman–Crippen MR) is 65.9 cm³/mol. The molecule has 0 radical (unpaired) electrons. The lowest BCUT2D eigenvalue weighted by Crippen LogP contribution is -2.15. The fraction of sp³-hybridized carbons (Fsp3) is 0.364. The van der Waals surface area contributed by atoms with Crippen molar-refractivity contribution >= 4 is 28.6 Å². The summed E-state index contributed by atoms with van der Waals surface area (Å²) in [5.41, 5.74) is 0. The Morgan fingerprint density at radius 3 is 2.60 bits per heavy atom. The van der Waals surface area contributed by atoms with E-state index in [2.05, 4.69) is 22.6 Å². The van der Waals surface area contributed by atoms with Crippen molar-refractivity contribution in [2.75, 3.05) is 13.2 Å². The van der Waals surface area contributed by atoms with Crippen LogP contribution in [-0.2, 0) is 9.53 Å². The second-order valence-corrected chi connectivity index (χ2v) is 4.21. The molecular weight excluding hydrogens is 307 g/mol. The number of halogens is 1. The lowest BCUT2D eigenvalue weighted by Gasteiger charge is -2.05. The van der Waals surface area contributed by atoms with Crippen LogP contribution in [0.4, 0.5) is 0 Å². The molecule has 4 heteroatoms. The number of rotatable bonds is 5. The van der Waals surface area contributed by atoms with Gasteiger partial charge in [-0.15, -0.1) is 0 Å². The van der Waals surface area contributed by atoms with E-state index in [0.29, 0.717) is 12.4 Å². The minimum Gasteiger partial charge on any atom is -0.482 e. The average molecular weight is 320 g/mol. The van der Waals surface area contributed by atoms with Crippen LogP contribution in [0.15, 0.2) is 24.3 Å². The van der Waals surface area contributed by atoms with Gasteiger partial charge in [0.15, 0.2) is 6.61 Å². The molecular formula is C11H13IO3. The SMILES string of the molecule is CCCOC(=O)COc1ccc(I)cc1. The second-order valence-electron chi connectivity index (χ2n) is 2.96. The molecule has 0 amide bonds. The number of hydrogen-bond donors (Lipinski definition) is 0. The number of esters is 1. The van der Waals surface area contributed by atoms with Gasteiger partial charge in [-0.1, -0.05) is 6.92 Å². The first-order valence-electron chi connectivity index (χ1n) is 4.76. The van der Waals surface area contributed by atoms with Crippen LogP contribution in [0.25, 0.3) is 0 Å². The summed E-state index contributed by atoms with van der Waals surface area (Å²) >= 11 is 2.21. The van der Waals surface area contributed by atoms with Crippen LogP contribution in [0.1, 0.15) is 13.3 Å². The van der Waals surface area contributed by atoms with E-state index in [4.69, 9.17) is 9.47 Å². The lowest BCUT2D eigenvalue weighted by atomic mass is 10.3. The summed E-state index contributed by atoms with van der Waals surface area (Å²) in [6.45, 7) is 2.38. The summed E-state index contributed by atoms with van der Waals surface area (Å²) in [7, 11) is 0. The third-order valence-corrected chi connectivity index (χ3v) is 2.36. The second kappa shape index (κ2) is 6.66. The van der Waals surface area contributed by atoms with E-state index >= 15 is 0 Å². The number of carbonyl (C=O) groups is 1. The van der Waals surface area contributed by atoms with Gasteiger partial charge in [-0.3, -0.25) is 0 Å². The Bertz CT molecular complexity index is 308. The van der Waals surface area contributed by atoms with Crippen molar-refractivity contribution in [3.05, 3.63) is 27.8 Å². The molecule has 0 unspecified atom stereocenters. The van der Waals surface area contributed by atoms with Crippen LogP contribution in [0, 0.1) is 3.57 Å². The van der Waals surface area contributed by atoms with Gasteiger partial charge in [0.1, 0.15) is 5.75 Å². The largest absolute Gasteiger partial charge is 0.482 e. The summed E-state index contributed by atoms with van der Waals surface area (Å²) in [6, 6.07) is 7.50. The first-order valence-corrected chi connectivity index (χ1v) is 5.84. The molecule has 82 valence electrons. The van der Waals surface area contributed by atoms with E-state index < -0.39 is 0 Å². The Kier molecular flexibility index (Phi) is 5.45. The minimum absolute atomic E-state index is 0.0272. The number of carbonyl (C=O) groups excluding carboxylic acids is 1. The molecule has 0 N–H and O–H groups in total. The lowest BCUT2D eigenvalue weighted by molar-refractivity contribution is -0.146. The summed E-state index contributed by atoms with van der Waals surface area (Å²) in [5, 5.41) is 0. The molecule has 0 aliphatic carbocycles. The molecule has 0 fully saturated rings. The number of hydrogen-bond acceptors (Lipinski definition) is 3. The van der Waals surface area contributed by atoms with Gasteiger partial charge < -0.3 is 9.47 Å². The van der Waals surface area contributed by atoms with Crippen LogP contribution in [0.2, 0.25) is 0 Å². The van der Waals surface area contributed by atoms with Crippen LogP contribution in [-0.4, -0.2) is 19.2 Å². The van der Waals surface area contributed by atoms with E-state index in [1.165, 1.54) is 0 Å². The molecule has 0 bridgehead atoms. The maximum absolute atomic E-state index is 11.1. The smallest absolute Gasteiger partial charge is 0.344 e. The average Bonchev–Trinajstić information content (AvgIpc) is 2.25. The zero-order valence-electron chi connectivity index (χ0n) is 8.53. The van der Waals surface area contributed by atoms with E-state index in [1.54, 1.807) is 0 Å². The van der Waals surface area contributed by atoms with Gasteiger partial charge in [0, 0.05) is 3.57 Å². The van der Waals surface area contributed by atoms with Crippen LogP contribution >= 0.6 is 22.6 Å². The van der Waals surface area contributed by atoms with Crippen molar-refractivity contribution in [3.8, 4) is 5.75 Å². The summed E-state index contributed by atoms with van der Waals surface area (Å²) in [4.78, 5) is 11.1. The molecule has 1 aromatic carbocycles. The molecule has 0 aliphatic rings. The quantitative estimate of drug-likeness (QED) is 0.618. The molecule has 0 saturated heterocycles. The Balaban J connectivity index is 2.30. The third-order valence-electron chi connectivity index (χ3n) is 1.64. The highest BCUT2D eigenvalue weighted by Crippen LogP contribution is 2.13. The monoisotopic (exact) mass is 320 g/mol. The molecule has 1 rings (SSSR count). The van der Waals surface area contributed by atoms with Crippen molar-refractivity contribution in [1.29, 1.82) is 0 Å². The molecule has 1 aromatic rings. The van der Waals surface area contributed by atoms with Crippen molar-refractivity contribution in [2.45, 2.75) is 13.3 Å². The van der Waals surface area contributed by atoms with Crippen molar-refractivity contribution in [1.82, 2.24) is 0 Å². The molecule has 0 spiro atoms. The Labute approximate surface area is 103 Å². The summed E-state index contributed by atoms with van der Waals surface area (Å²) in [6.07, 6.45) is 0.829. The molecule has 15 heavy (non-hydrogen) atoms. The van der Waals surface area contributed by atoms with Gasteiger partial charge in [-0.25, -0.2) is 4.79 Å². The predicted octanol–water partition coefficient (Wildman–Crippen LogP) is 2.62. The zero-order valence-corrected chi connectivity index (χ0v) is 10.7. The van der Waals surface area contributed by atoms with Gasteiger partial charge in [0.2, 0.25) is 0 Å². The number of ether oxygens (including phenoxy) is 2. The highest BCUT2D eigenvalue weighted by molar-refractivity contribution is 14.1. The van der Waals surface area contributed by atoms with E-state index in [1.807, 2.05) is 31.2 Å². The highest BCUT2D eigenvalue weighted by atomic mass is 127. The van der Waals surface area contributed by atoms with Gasteiger partial charge in [0.05, 0.1) is 6.61 Å². The molecule has 3 nitrogen and oxygen atoms in total. The van der Waals surface area contributed by atoms with Gasteiger partial charge in [0.25, 0.3) is 0 Å². The van der Waals surface area contributed by atoms with E-state index in [-0.39, 0.29) is 12.6 Å². The van der Waals surface area contributed by atoms with Crippen molar-refractivity contribution < 1.29 is 14.3 Å². The normalized spacial score (nSPS) is 9.73. The first-order chi connectivity index (χ1) is 7.22. The Morgan fingerprint density at radius 2 is 2.00 bits per heavy atom. The summed E-state index contributed by atoms with van der Waals surface area (Å²) in [5.74, 6) is 0.360. The first kappa shape index (κ1) is 12.3. The van der Waals surface area contributed by atoms with E-state index in [9.17, 15) is 4.79 Å². The Morgan fingerprint density at radius 1 is 1.33 bits per heavy atom. The maximum atomic E-state index is 11.1. The number of benzene rings is 1. The Hall–Kier alpha value is -0.780. The maximum Gasteiger partial charge on any atom is 0.344 e. The zero-order chi connectivity index (χ0) is 11.1. The molecule has 0 aliphatic heterocycles. The molecule has 0 aromatic heterocycles. The minimum atomic E-state index is -0.324. The van der Waals surface area contributed by atoms with Crippen molar-refractivity contribution in [2.24, 2.45) is 0 Å². The standard InChI is InChI=1S/C11H13IO3/c1-2-7-14-11(13)8-15-10-5-3-9(12)4-6-10/h3-6H,2,7-8H2,1H3. The van der Waals surface area contributed by atoms with Crippen LogP contribution < -0.4 is 4.74 Å². The molecule has 0 saturated carbocycles. The van der Waals surface area contributed by atoms with Gasteiger partial charge >= 0.3 is 5.97 Å². The van der Waals surface area contributed by atoms with Gasteiger partial charge in [-0.2, -0.15) is 0 Å². The highest BCUT2D eigenvalue weighted by Gasteiger charge is 2.02. The third kappa shape index (κ3) is 5.01. The van der Waals surface area contributed by atoms with Crippen LogP contribution in [0.3, 0.4) is 0 Å². The van der Waals surface area contributed by atoms with E-state index in [0.717, 1.165) is 9.99 Å². The topological polar surface area (TPSA) is 35.5 Å². The van der Waals surface area contributed by atoms with Crippen molar-refractivity contribution in [3.63, 3.8) is 0 Å². The summed E-state index contributed by atoms with van der Waals surface area (Å²) < 4.78 is 11.2. The van der Waals surface area contributed by atoms with Crippen LogP contribution in [0.5, 0.6) is 5.75 Å². The molecule has 0 heterocycles. The fourth-order valence-electron chi connectivity index (χ4n) is 0.931. The van der Waals surface area contributed by atoms with Gasteiger partial charge in [-0.05, 0) is 53.3 Å².